The molecule has 1 spiro atoms. The lowest BCUT2D eigenvalue weighted by molar-refractivity contribution is -0.137. The van der Waals surface area contributed by atoms with Crippen LogP contribution >= 0.6 is 0 Å². The van der Waals surface area contributed by atoms with Crippen LogP contribution in [0.3, 0.4) is 0 Å². The van der Waals surface area contributed by atoms with E-state index in [-0.39, 0.29) is 24.8 Å². The minimum atomic E-state index is -0.817. The molecule has 2 heterocycles. The molecule has 5 rings (SSSR count). The van der Waals surface area contributed by atoms with Crippen LogP contribution < -0.4 is 5.32 Å². The fourth-order valence-electron chi connectivity index (χ4n) is 5.17. The summed E-state index contributed by atoms with van der Waals surface area (Å²) in [5.41, 5.74) is 2.06. The maximum atomic E-state index is 13.5. The molecule has 36 heavy (non-hydrogen) atoms. The van der Waals surface area contributed by atoms with Crippen LogP contribution in [-0.2, 0) is 16.1 Å². The molecule has 2 aliphatic rings. The first-order chi connectivity index (χ1) is 17.4. The van der Waals surface area contributed by atoms with Gasteiger partial charge in [-0.05, 0) is 49.2 Å². The number of aromatic nitrogens is 2. The number of hydrogen-bond acceptors (Lipinski definition) is 4. The van der Waals surface area contributed by atoms with E-state index < -0.39 is 17.5 Å². The number of likely N-dealkylation sites (N-methyl/N-ethyl adjacent to an activating group) is 1. The van der Waals surface area contributed by atoms with Crippen molar-refractivity contribution in [2.24, 2.45) is 0 Å². The molecule has 0 unspecified atom stereocenters. The summed E-state index contributed by atoms with van der Waals surface area (Å²) in [4.78, 5) is 41.4. The van der Waals surface area contributed by atoms with E-state index in [9.17, 15) is 18.8 Å². The van der Waals surface area contributed by atoms with Crippen LogP contribution in [0.25, 0.3) is 16.9 Å². The number of para-hydroxylation sites is 1. The number of nitrogens with zero attached hydrogens (tertiary/aromatic N) is 4. The molecule has 8 nitrogen and oxygen atoms in total. The lowest BCUT2D eigenvalue weighted by Gasteiger charge is -2.35. The molecule has 0 bridgehead atoms. The predicted molar refractivity (Wildman–Crippen MR) is 131 cm³/mol. The van der Waals surface area contributed by atoms with Crippen LogP contribution in [0.2, 0.25) is 0 Å². The smallest absolute Gasteiger partial charge is 0.327 e. The van der Waals surface area contributed by atoms with E-state index in [0.717, 1.165) is 35.4 Å². The lowest BCUT2D eigenvalue weighted by atomic mass is 9.81. The van der Waals surface area contributed by atoms with Crippen molar-refractivity contribution in [1.82, 2.24) is 24.9 Å². The summed E-state index contributed by atoms with van der Waals surface area (Å²) in [5, 5.41) is 7.50. The fourth-order valence-corrected chi connectivity index (χ4v) is 5.17. The normalized spacial score (nSPS) is 17.2. The van der Waals surface area contributed by atoms with Gasteiger partial charge in [0, 0.05) is 30.9 Å². The van der Waals surface area contributed by atoms with E-state index in [2.05, 4.69) is 10.4 Å². The van der Waals surface area contributed by atoms with E-state index in [1.807, 2.05) is 36.5 Å². The Morgan fingerprint density at radius 3 is 2.42 bits per heavy atom. The van der Waals surface area contributed by atoms with Gasteiger partial charge in [0.2, 0.25) is 5.91 Å². The molecule has 0 radical (unpaired) electrons. The van der Waals surface area contributed by atoms with E-state index in [0.29, 0.717) is 24.1 Å². The largest absolute Gasteiger partial charge is 0.350 e. The zero-order chi connectivity index (χ0) is 25.3. The van der Waals surface area contributed by atoms with E-state index in [1.54, 1.807) is 23.9 Å². The number of carbonyl (C=O) groups is 3. The van der Waals surface area contributed by atoms with Gasteiger partial charge < -0.3 is 10.2 Å². The maximum absolute atomic E-state index is 13.5. The van der Waals surface area contributed by atoms with Gasteiger partial charge in [0.25, 0.3) is 5.91 Å². The Bertz CT molecular complexity index is 1280. The van der Waals surface area contributed by atoms with Gasteiger partial charge in [0.1, 0.15) is 17.9 Å². The fraction of sp³-hybridized carbons (Fsp3) is 0.333. The third-order valence-corrected chi connectivity index (χ3v) is 7.19. The molecule has 0 atom stereocenters. The average molecular weight is 490 g/mol. The standard InChI is InChI=1S/C27H28FN5O3/c1-31-26(36)32(25(35)27(31)14-6-3-7-15-27)18-23(34)29-16-20-17-33(22-8-4-2-5-9-22)30-24(20)19-10-12-21(28)13-11-19/h2,4-5,8-13,17H,3,6-7,14-16,18H2,1H3,(H,29,34). The highest BCUT2D eigenvalue weighted by Crippen LogP contribution is 2.39. The van der Waals surface area contributed by atoms with Gasteiger partial charge in [-0.3, -0.25) is 14.5 Å². The number of rotatable bonds is 6. The first kappa shape index (κ1) is 23.7. The summed E-state index contributed by atoms with van der Waals surface area (Å²) in [6, 6.07) is 15.1. The van der Waals surface area contributed by atoms with Gasteiger partial charge in [-0.2, -0.15) is 5.10 Å². The molecule has 1 aromatic heterocycles. The first-order valence-corrected chi connectivity index (χ1v) is 12.2. The monoisotopic (exact) mass is 489 g/mol. The summed E-state index contributed by atoms with van der Waals surface area (Å²) in [5.74, 6) is -1.07. The highest BCUT2D eigenvalue weighted by Gasteiger charge is 2.55. The van der Waals surface area contributed by atoms with Crippen LogP contribution in [0.1, 0.15) is 37.7 Å². The molecule has 2 fully saturated rings. The van der Waals surface area contributed by atoms with Gasteiger partial charge in [-0.15, -0.1) is 0 Å². The number of amides is 4. The van der Waals surface area contributed by atoms with Crippen molar-refractivity contribution in [3.63, 3.8) is 0 Å². The van der Waals surface area contributed by atoms with E-state index in [1.165, 1.54) is 17.0 Å². The summed E-state index contributed by atoms with van der Waals surface area (Å²) in [6.07, 6.45) is 5.90. The molecule has 4 amide bonds. The Labute approximate surface area is 208 Å². The second kappa shape index (κ2) is 9.56. The number of hydrogen-bond donors (Lipinski definition) is 1. The summed E-state index contributed by atoms with van der Waals surface area (Å²) < 4.78 is 15.2. The molecule has 1 aliphatic carbocycles. The second-order valence-electron chi connectivity index (χ2n) is 9.39. The van der Waals surface area contributed by atoms with Crippen LogP contribution in [0.4, 0.5) is 9.18 Å². The van der Waals surface area contributed by atoms with Crippen LogP contribution in [-0.4, -0.2) is 56.6 Å². The number of benzene rings is 2. The van der Waals surface area contributed by atoms with Gasteiger partial charge in [-0.25, -0.2) is 13.9 Å². The SMILES string of the molecule is CN1C(=O)N(CC(=O)NCc2cn(-c3ccccc3)nc2-c2ccc(F)cc2)C(=O)C12CCCCC2. The van der Waals surface area contributed by atoms with Crippen LogP contribution in [0.15, 0.2) is 60.8 Å². The second-order valence-corrected chi connectivity index (χ2v) is 9.39. The van der Waals surface area contributed by atoms with Crippen molar-refractivity contribution < 1.29 is 18.8 Å². The molecule has 1 N–H and O–H groups in total. The van der Waals surface area contributed by atoms with Crippen molar-refractivity contribution in [2.75, 3.05) is 13.6 Å². The Morgan fingerprint density at radius 2 is 1.72 bits per heavy atom. The highest BCUT2D eigenvalue weighted by molar-refractivity contribution is 6.08. The number of urea groups is 1. The molecule has 1 saturated carbocycles. The van der Waals surface area contributed by atoms with Crippen molar-refractivity contribution >= 4 is 17.8 Å². The molecule has 1 saturated heterocycles. The van der Waals surface area contributed by atoms with Crippen molar-refractivity contribution in [3.05, 3.63) is 72.2 Å². The van der Waals surface area contributed by atoms with Crippen molar-refractivity contribution in [2.45, 2.75) is 44.2 Å². The molecule has 186 valence electrons. The summed E-state index contributed by atoms with van der Waals surface area (Å²) in [7, 11) is 1.65. The zero-order valence-electron chi connectivity index (χ0n) is 20.1. The molecular formula is C27H28FN5O3. The molecule has 1 aliphatic heterocycles. The first-order valence-electron chi connectivity index (χ1n) is 12.2. The molecule has 9 heteroatoms. The third-order valence-electron chi connectivity index (χ3n) is 7.19. The highest BCUT2D eigenvalue weighted by atomic mass is 19.1. The zero-order valence-corrected chi connectivity index (χ0v) is 20.1. The Balaban J connectivity index is 1.33. The van der Waals surface area contributed by atoms with Crippen molar-refractivity contribution in [3.8, 4) is 16.9 Å². The van der Waals surface area contributed by atoms with E-state index >= 15 is 0 Å². The minimum Gasteiger partial charge on any atom is -0.350 e. The quantitative estimate of drug-likeness (QED) is 0.532. The van der Waals surface area contributed by atoms with E-state index in [4.69, 9.17) is 0 Å². The maximum Gasteiger partial charge on any atom is 0.327 e. The molecular weight excluding hydrogens is 461 g/mol. The number of imide groups is 1. The van der Waals surface area contributed by atoms with Gasteiger partial charge in [-0.1, -0.05) is 37.5 Å². The lowest BCUT2D eigenvalue weighted by Crippen LogP contribution is -2.49. The number of carbonyl (C=O) groups excluding carboxylic acids is 3. The van der Waals surface area contributed by atoms with Gasteiger partial charge in [0.05, 0.1) is 11.4 Å². The predicted octanol–water partition coefficient (Wildman–Crippen LogP) is 3.89. The number of halogens is 1. The average Bonchev–Trinajstić information content (AvgIpc) is 3.40. The molecule has 2 aromatic carbocycles. The van der Waals surface area contributed by atoms with Gasteiger partial charge in [0.15, 0.2) is 0 Å². The van der Waals surface area contributed by atoms with Gasteiger partial charge >= 0.3 is 6.03 Å². The van der Waals surface area contributed by atoms with Crippen LogP contribution in [0.5, 0.6) is 0 Å². The summed E-state index contributed by atoms with van der Waals surface area (Å²) in [6.45, 7) is -0.196. The molecule has 3 aromatic rings. The summed E-state index contributed by atoms with van der Waals surface area (Å²) >= 11 is 0. The number of nitrogens with one attached hydrogen (secondary N) is 1. The topological polar surface area (TPSA) is 87.5 Å². The van der Waals surface area contributed by atoms with Crippen molar-refractivity contribution in [1.29, 1.82) is 0 Å². The van der Waals surface area contributed by atoms with Crippen LogP contribution in [0, 0.1) is 5.82 Å². The minimum absolute atomic E-state index is 0.135. The Morgan fingerprint density at radius 1 is 1.03 bits per heavy atom. The Hall–Kier alpha value is -4.01. The third kappa shape index (κ3) is 4.25. The Kier molecular flexibility index (Phi) is 6.30.